The van der Waals surface area contributed by atoms with Crippen LogP contribution in [0.25, 0.3) is 0 Å². The lowest BCUT2D eigenvalue weighted by Crippen LogP contribution is -2.48. The molecule has 0 amide bonds. The van der Waals surface area contributed by atoms with Crippen LogP contribution >= 0.6 is 0 Å². The molecule has 106 valence electrons. The highest BCUT2D eigenvalue weighted by Crippen LogP contribution is 2.38. The fourth-order valence-corrected chi connectivity index (χ4v) is 3.37. The van der Waals surface area contributed by atoms with E-state index in [0.29, 0.717) is 6.04 Å². The van der Waals surface area contributed by atoms with Crippen molar-refractivity contribution in [2.45, 2.75) is 69.9 Å². The van der Waals surface area contributed by atoms with E-state index in [2.05, 4.69) is 12.2 Å². The normalized spacial score (nSPS) is 27.5. The number of rotatable bonds is 6. The summed E-state index contributed by atoms with van der Waals surface area (Å²) < 4.78 is 11.5. The monoisotopic (exact) mass is 255 g/mol. The fourth-order valence-electron chi connectivity index (χ4n) is 3.37. The first-order valence-electron chi connectivity index (χ1n) is 7.80. The molecule has 3 nitrogen and oxygen atoms in total. The number of nitrogens with one attached hydrogen (secondary N) is 1. The second-order valence-electron chi connectivity index (χ2n) is 5.79. The van der Waals surface area contributed by atoms with Crippen molar-refractivity contribution in [1.29, 1.82) is 0 Å². The van der Waals surface area contributed by atoms with E-state index in [1.165, 1.54) is 44.9 Å². The van der Waals surface area contributed by atoms with Crippen LogP contribution in [0.2, 0.25) is 0 Å². The van der Waals surface area contributed by atoms with Gasteiger partial charge in [-0.2, -0.15) is 0 Å². The Morgan fingerprint density at radius 2 is 2.11 bits per heavy atom. The molecular formula is C15H29NO2. The lowest BCUT2D eigenvalue weighted by Gasteiger charge is -2.43. The molecule has 3 heteroatoms. The van der Waals surface area contributed by atoms with Gasteiger partial charge in [0.2, 0.25) is 0 Å². The van der Waals surface area contributed by atoms with Crippen molar-refractivity contribution >= 4 is 0 Å². The molecule has 18 heavy (non-hydrogen) atoms. The van der Waals surface area contributed by atoms with Crippen LogP contribution in [-0.2, 0) is 9.47 Å². The van der Waals surface area contributed by atoms with Gasteiger partial charge in [-0.1, -0.05) is 19.3 Å². The number of hydrogen-bond donors (Lipinski definition) is 1. The van der Waals surface area contributed by atoms with Crippen LogP contribution in [0.1, 0.15) is 58.3 Å². The minimum Gasteiger partial charge on any atom is -0.382 e. The Hall–Kier alpha value is -0.120. The zero-order valence-corrected chi connectivity index (χ0v) is 11.9. The van der Waals surface area contributed by atoms with Crippen LogP contribution in [0.5, 0.6) is 0 Å². The maximum atomic E-state index is 6.12. The Labute approximate surface area is 112 Å². The van der Waals surface area contributed by atoms with E-state index in [-0.39, 0.29) is 5.60 Å². The first-order chi connectivity index (χ1) is 8.85. The van der Waals surface area contributed by atoms with E-state index in [4.69, 9.17) is 9.47 Å². The summed E-state index contributed by atoms with van der Waals surface area (Å²) in [5.41, 5.74) is 0.230. The molecule has 1 saturated heterocycles. The zero-order valence-electron chi connectivity index (χ0n) is 11.9. The molecule has 1 saturated carbocycles. The van der Waals surface area contributed by atoms with Crippen molar-refractivity contribution in [3.8, 4) is 0 Å². The molecule has 1 aliphatic heterocycles. The molecule has 0 aromatic carbocycles. The number of ether oxygens (including phenoxy) is 2. The Morgan fingerprint density at radius 1 is 1.28 bits per heavy atom. The lowest BCUT2D eigenvalue weighted by molar-refractivity contribution is -0.109. The minimum absolute atomic E-state index is 0.230. The standard InChI is InChI=1S/C15H29NO2/c1-2-17-11-6-10-16-14-7-12-18-15(13-14)8-4-3-5-9-15/h14,16H,2-13H2,1H3. The van der Waals surface area contributed by atoms with Crippen molar-refractivity contribution in [2.75, 3.05) is 26.4 Å². The van der Waals surface area contributed by atoms with Crippen molar-refractivity contribution in [3.05, 3.63) is 0 Å². The first kappa shape index (κ1) is 14.3. The second kappa shape index (κ2) is 7.46. The fraction of sp³-hybridized carbons (Fsp3) is 1.00. The summed E-state index contributed by atoms with van der Waals surface area (Å²) in [4.78, 5) is 0. The summed E-state index contributed by atoms with van der Waals surface area (Å²) in [5.74, 6) is 0. The molecule has 0 aromatic heterocycles. The maximum Gasteiger partial charge on any atom is 0.0697 e. The molecule has 0 bridgehead atoms. The van der Waals surface area contributed by atoms with Gasteiger partial charge >= 0.3 is 0 Å². The summed E-state index contributed by atoms with van der Waals surface area (Å²) in [6.07, 6.45) is 10.2. The molecule has 1 atom stereocenters. The molecule has 2 aliphatic rings. The third-order valence-corrected chi connectivity index (χ3v) is 4.36. The second-order valence-corrected chi connectivity index (χ2v) is 5.79. The topological polar surface area (TPSA) is 30.5 Å². The molecular weight excluding hydrogens is 226 g/mol. The van der Waals surface area contributed by atoms with Crippen molar-refractivity contribution < 1.29 is 9.47 Å². The maximum absolute atomic E-state index is 6.12. The summed E-state index contributed by atoms with van der Waals surface area (Å²) in [6, 6.07) is 0.665. The van der Waals surface area contributed by atoms with Gasteiger partial charge in [-0.25, -0.2) is 0 Å². The van der Waals surface area contributed by atoms with Gasteiger partial charge in [0, 0.05) is 25.9 Å². The molecule has 1 spiro atoms. The summed E-state index contributed by atoms with van der Waals surface area (Å²) in [5, 5.41) is 3.69. The van der Waals surface area contributed by atoms with Gasteiger partial charge in [0.15, 0.2) is 0 Å². The highest BCUT2D eigenvalue weighted by Gasteiger charge is 2.38. The van der Waals surface area contributed by atoms with Crippen molar-refractivity contribution in [2.24, 2.45) is 0 Å². The van der Waals surface area contributed by atoms with Gasteiger partial charge in [0.25, 0.3) is 0 Å². The van der Waals surface area contributed by atoms with E-state index in [1.807, 2.05) is 0 Å². The first-order valence-corrected chi connectivity index (χ1v) is 7.80. The lowest BCUT2D eigenvalue weighted by atomic mass is 9.78. The van der Waals surface area contributed by atoms with E-state index in [9.17, 15) is 0 Å². The van der Waals surface area contributed by atoms with Crippen LogP contribution < -0.4 is 5.32 Å². The van der Waals surface area contributed by atoms with Gasteiger partial charge in [-0.3, -0.25) is 0 Å². The smallest absolute Gasteiger partial charge is 0.0697 e. The quantitative estimate of drug-likeness (QED) is 0.740. The van der Waals surface area contributed by atoms with Crippen molar-refractivity contribution in [3.63, 3.8) is 0 Å². The molecule has 0 aromatic rings. The van der Waals surface area contributed by atoms with Crippen LogP contribution in [0.4, 0.5) is 0 Å². The van der Waals surface area contributed by atoms with Crippen molar-refractivity contribution in [1.82, 2.24) is 5.32 Å². The van der Waals surface area contributed by atoms with Crippen LogP contribution in [-0.4, -0.2) is 38.0 Å². The highest BCUT2D eigenvalue weighted by molar-refractivity contribution is 4.91. The van der Waals surface area contributed by atoms with E-state index < -0.39 is 0 Å². The summed E-state index contributed by atoms with van der Waals surface area (Å²) in [7, 11) is 0. The van der Waals surface area contributed by atoms with Crippen LogP contribution in [0, 0.1) is 0 Å². The number of hydrogen-bond acceptors (Lipinski definition) is 3. The average Bonchev–Trinajstić information content (AvgIpc) is 2.40. The molecule has 2 fully saturated rings. The Balaban J connectivity index is 1.66. The van der Waals surface area contributed by atoms with Gasteiger partial charge in [-0.05, 0) is 45.6 Å². The third-order valence-electron chi connectivity index (χ3n) is 4.36. The van der Waals surface area contributed by atoms with E-state index in [1.54, 1.807) is 0 Å². The predicted molar refractivity (Wildman–Crippen MR) is 73.9 cm³/mol. The predicted octanol–water partition coefficient (Wildman–Crippen LogP) is 2.88. The largest absolute Gasteiger partial charge is 0.382 e. The Kier molecular flexibility index (Phi) is 5.93. The molecule has 1 heterocycles. The Bertz CT molecular complexity index is 221. The summed E-state index contributed by atoms with van der Waals surface area (Å²) in [6.45, 7) is 5.81. The van der Waals surface area contributed by atoms with Gasteiger partial charge in [0.1, 0.15) is 0 Å². The van der Waals surface area contributed by atoms with Gasteiger partial charge in [-0.15, -0.1) is 0 Å². The van der Waals surface area contributed by atoms with E-state index in [0.717, 1.165) is 32.8 Å². The molecule has 2 rings (SSSR count). The van der Waals surface area contributed by atoms with Crippen LogP contribution in [0.3, 0.4) is 0 Å². The SMILES string of the molecule is CCOCCCNC1CCOC2(CCCCC2)C1. The molecule has 1 unspecified atom stereocenters. The van der Waals surface area contributed by atoms with E-state index >= 15 is 0 Å². The van der Waals surface area contributed by atoms with Crippen LogP contribution in [0.15, 0.2) is 0 Å². The minimum atomic E-state index is 0.230. The third kappa shape index (κ3) is 4.22. The zero-order chi connectivity index (χ0) is 12.7. The van der Waals surface area contributed by atoms with Gasteiger partial charge in [0.05, 0.1) is 5.60 Å². The highest BCUT2D eigenvalue weighted by atomic mass is 16.5. The van der Waals surface area contributed by atoms with Gasteiger partial charge < -0.3 is 14.8 Å². The molecule has 1 aliphatic carbocycles. The summed E-state index contributed by atoms with van der Waals surface area (Å²) >= 11 is 0. The molecule has 0 radical (unpaired) electrons. The average molecular weight is 255 g/mol. The Morgan fingerprint density at radius 3 is 2.89 bits per heavy atom. The molecule has 1 N–H and O–H groups in total.